The first kappa shape index (κ1) is 18.2. The fourth-order valence-corrected chi connectivity index (χ4v) is 4.35. The van der Waals surface area contributed by atoms with Gasteiger partial charge in [0.2, 0.25) is 0 Å². The fourth-order valence-electron chi connectivity index (χ4n) is 4.35. The van der Waals surface area contributed by atoms with Crippen LogP contribution < -0.4 is 9.47 Å². The Labute approximate surface area is 161 Å². The van der Waals surface area contributed by atoms with Gasteiger partial charge in [0.1, 0.15) is 5.82 Å². The van der Waals surface area contributed by atoms with Crippen LogP contribution in [0.5, 0.6) is 11.5 Å². The second-order valence-corrected chi connectivity index (χ2v) is 7.72. The third kappa shape index (κ3) is 4.08. The molecule has 144 valence electrons. The molecule has 5 nitrogen and oxygen atoms in total. The molecule has 2 heterocycles. The number of nitrogens with zero attached hydrogens (tertiary/aromatic N) is 3. The molecule has 1 aromatic heterocycles. The molecule has 1 aliphatic heterocycles. The molecule has 1 aromatic carbocycles. The zero-order valence-corrected chi connectivity index (χ0v) is 16.4. The number of hydrogen-bond acceptors (Lipinski definition) is 5. The van der Waals surface area contributed by atoms with Gasteiger partial charge in [0.05, 0.1) is 14.2 Å². The van der Waals surface area contributed by atoms with Crippen LogP contribution in [0.4, 0.5) is 0 Å². The van der Waals surface area contributed by atoms with Crippen LogP contribution in [0, 0.1) is 0 Å². The van der Waals surface area contributed by atoms with Crippen molar-refractivity contribution >= 4 is 0 Å². The summed E-state index contributed by atoms with van der Waals surface area (Å²) in [6.45, 7) is 2.84. The summed E-state index contributed by atoms with van der Waals surface area (Å²) in [5.41, 5.74) is 3.87. The van der Waals surface area contributed by atoms with E-state index in [-0.39, 0.29) is 0 Å². The van der Waals surface area contributed by atoms with Gasteiger partial charge in [-0.2, -0.15) is 0 Å². The Morgan fingerprint density at radius 1 is 0.963 bits per heavy atom. The minimum Gasteiger partial charge on any atom is -0.493 e. The van der Waals surface area contributed by atoms with Crippen molar-refractivity contribution in [3.63, 3.8) is 0 Å². The molecule has 4 rings (SSSR count). The fraction of sp³-hybridized carbons (Fsp3) is 0.545. The maximum atomic E-state index is 5.46. The molecule has 0 N–H and O–H groups in total. The molecule has 0 unspecified atom stereocenters. The number of aromatic nitrogens is 2. The van der Waals surface area contributed by atoms with E-state index >= 15 is 0 Å². The summed E-state index contributed by atoms with van der Waals surface area (Å²) in [6, 6.07) is 4.23. The summed E-state index contributed by atoms with van der Waals surface area (Å²) in [5.74, 6) is 3.23. The highest BCUT2D eigenvalue weighted by Gasteiger charge is 2.21. The molecule has 2 aromatic rings. The quantitative estimate of drug-likeness (QED) is 0.796. The van der Waals surface area contributed by atoms with Crippen LogP contribution in [-0.2, 0) is 19.5 Å². The molecular weight excluding hydrogens is 338 g/mol. The molecular formula is C22H29N3O2. The van der Waals surface area contributed by atoms with E-state index in [4.69, 9.17) is 9.47 Å². The van der Waals surface area contributed by atoms with Crippen LogP contribution >= 0.6 is 0 Å². The van der Waals surface area contributed by atoms with E-state index in [2.05, 4.69) is 27.0 Å². The van der Waals surface area contributed by atoms with Crippen molar-refractivity contribution < 1.29 is 9.47 Å². The lowest BCUT2D eigenvalue weighted by atomic mass is 9.89. The van der Waals surface area contributed by atoms with Gasteiger partial charge in [0.25, 0.3) is 0 Å². The summed E-state index contributed by atoms with van der Waals surface area (Å²) in [7, 11) is 3.38. The third-order valence-electron chi connectivity index (χ3n) is 5.90. The van der Waals surface area contributed by atoms with Crippen molar-refractivity contribution in [1.82, 2.24) is 14.9 Å². The van der Waals surface area contributed by atoms with E-state index < -0.39 is 0 Å². The lowest BCUT2D eigenvalue weighted by Crippen LogP contribution is -2.30. The molecule has 1 saturated carbocycles. The van der Waals surface area contributed by atoms with Gasteiger partial charge in [-0.05, 0) is 42.5 Å². The average Bonchev–Trinajstić information content (AvgIpc) is 2.74. The normalized spacial score (nSPS) is 18.1. The number of hydrogen-bond donors (Lipinski definition) is 0. The number of benzene rings is 1. The molecule has 0 saturated heterocycles. The Balaban J connectivity index is 1.42. The molecule has 2 aliphatic rings. The topological polar surface area (TPSA) is 47.5 Å². The minimum atomic E-state index is 0.567. The van der Waals surface area contributed by atoms with Crippen molar-refractivity contribution in [3.8, 4) is 11.5 Å². The standard InChI is InChI=1S/C22H29N3O2/c1-26-20-10-18-8-9-25(15-19(18)11-21(20)27-2)14-16-12-23-22(24-13-16)17-6-4-3-5-7-17/h10-13,17H,3-9,14-15H2,1-2H3. The Bertz CT molecular complexity index is 770. The maximum Gasteiger partial charge on any atom is 0.161 e. The highest BCUT2D eigenvalue weighted by atomic mass is 16.5. The number of rotatable bonds is 5. The smallest absolute Gasteiger partial charge is 0.161 e. The largest absolute Gasteiger partial charge is 0.493 e. The van der Waals surface area contributed by atoms with Crippen LogP contribution in [0.25, 0.3) is 0 Å². The van der Waals surface area contributed by atoms with E-state index in [9.17, 15) is 0 Å². The molecule has 0 atom stereocenters. The van der Waals surface area contributed by atoms with Gasteiger partial charge in [0, 0.05) is 43.5 Å². The van der Waals surface area contributed by atoms with Crippen LogP contribution in [-0.4, -0.2) is 35.6 Å². The van der Waals surface area contributed by atoms with Crippen molar-refractivity contribution in [2.24, 2.45) is 0 Å². The van der Waals surface area contributed by atoms with Gasteiger partial charge in [-0.3, -0.25) is 4.90 Å². The van der Waals surface area contributed by atoms with E-state index in [1.165, 1.54) is 48.8 Å². The monoisotopic (exact) mass is 367 g/mol. The van der Waals surface area contributed by atoms with Gasteiger partial charge in [-0.15, -0.1) is 0 Å². The first-order chi connectivity index (χ1) is 13.3. The third-order valence-corrected chi connectivity index (χ3v) is 5.90. The Morgan fingerprint density at radius 2 is 1.63 bits per heavy atom. The number of ether oxygens (including phenoxy) is 2. The van der Waals surface area contributed by atoms with E-state index in [0.717, 1.165) is 43.4 Å². The minimum absolute atomic E-state index is 0.567. The molecule has 0 amide bonds. The van der Waals surface area contributed by atoms with E-state index in [0.29, 0.717) is 5.92 Å². The van der Waals surface area contributed by atoms with Crippen LogP contribution in [0.1, 0.15) is 60.5 Å². The summed E-state index contributed by atoms with van der Waals surface area (Å²) in [4.78, 5) is 11.8. The first-order valence-corrected chi connectivity index (χ1v) is 10.0. The average molecular weight is 367 g/mol. The van der Waals surface area contributed by atoms with Gasteiger partial charge >= 0.3 is 0 Å². The predicted molar refractivity (Wildman–Crippen MR) is 105 cm³/mol. The Hall–Kier alpha value is -2.14. The maximum absolute atomic E-state index is 5.46. The molecule has 0 spiro atoms. The number of methoxy groups -OCH3 is 2. The predicted octanol–water partition coefficient (Wildman–Crippen LogP) is 4.10. The molecule has 0 bridgehead atoms. The first-order valence-electron chi connectivity index (χ1n) is 10.0. The Morgan fingerprint density at radius 3 is 2.30 bits per heavy atom. The van der Waals surface area contributed by atoms with Crippen molar-refractivity contribution in [2.45, 2.75) is 57.5 Å². The van der Waals surface area contributed by atoms with Crippen LogP contribution in [0.3, 0.4) is 0 Å². The van der Waals surface area contributed by atoms with Crippen LogP contribution in [0.2, 0.25) is 0 Å². The summed E-state index contributed by atoms with van der Waals surface area (Å²) >= 11 is 0. The highest BCUT2D eigenvalue weighted by Crippen LogP contribution is 2.34. The van der Waals surface area contributed by atoms with Gasteiger partial charge < -0.3 is 9.47 Å². The van der Waals surface area contributed by atoms with Crippen molar-refractivity contribution in [2.75, 3.05) is 20.8 Å². The SMILES string of the molecule is COc1cc2c(cc1OC)CN(Cc1cnc(C3CCCCC3)nc1)CC2. The van der Waals surface area contributed by atoms with Crippen molar-refractivity contribution in [1.29, 1.82) is 0 Å². The zero-order chi connectivity index (χ0) is 18.6. The Kier molecular flexibility index (Phi) is 5.58. The molecule has 0 radical (unpaired) electrons. The lowest BCUT2D eigenvalue weighted by Gasteiger charge is -2.29. The van der Waals surface area contributed by atoms with Gasteiger partial charge in [-0.25, -0.2) is 9.97 Å². The summed E-state index contributed by atoms with van der Waals surface area (Å²) < 4.78 is 10.9. The van der Waals surface area contributed by atoms with Gasteiger partial charge in [0.15, 0.2) is 11.5 Å². The second kappa shape index (κ2) is 8.26. The van der Waals surface area contributed by atoms with Crippen LogP contribution in [0.15, 0.2) is 24.5 Å². The van der Waals surface area contributed by atoms with Gasteiger partial charge in [-0.1, -0.05) is 19.3 Å². The molecule has 1 aliphatic carbocycles. The lowest BCUT2D eigenvalue weighted by molar-refractivity contribution is 0.243. The van der Waals surface area contributed by atoms with E-state index in [1.54, 1.807) is 14.2 Å². The van der Waals surface area contributed by atoms with E-state index in [1.807, 2.05) is 12.4 Å². The second-order valence-electron chi connectivity index (χ2n) is 7.72. The summed E-state index contributed by atoms with van der Waals surface area (Å²) in [6.07, 6.45) is 11.6. The molecule has 1 fully saturated rings. The zero-order valence-electron chi connectivity index (χ0n) is 16.4. The molecule has 27 heavy (non-hydrogen) atoms. The van der Waals surface area contributed by atoms with Crippen molar-refractivity contribution in [3.05, 3.63) is 47.0 Å². The highest BCUT2D eigenvalue weighted by molar-refractivity contribution is 5.48. The molecule has 5 heteroatoms. The summed E-state index contributed by atoms with van der Waals surface area (Å²) in [5, 5.41) is 0. The number of fused-ring (bicyclic) bond motifs is 1.